The van der Waals surface area contributed by atoms with Crippen LogP contribution in [0.25, 0.3) is 11.0 Å². The Morgan fingerprint density at radius 2 is 2.20 bits per heavy atom. The number of anilines is 1. The van der Waals surface area contributed by atoms with Crippen molar-refractivity contribution in [1.82, 2.24) is 19.3 Å². The second-order valence-corrected chi connectivity index (χ2v) is 9.08. The van der Waals surface area contributed by atoms with Gasteiger partial charge in [-0.3, -0.25) is 0 Å². The molecule has 1 atom stereocenters. The zero-order valence-corrected chi connectivity index (χ0v) is 14.9. The third-order valence-corrected chi connectivity index (χ3v) is 7.37. The fraction of sp³-hybridized carbons (Fsp3) is 0.625. The minimum Gasteiger partial charge on any atom is -0.356 e. The van der Waals surface area contributed by atoms with E-state index >= 15 is 0 Å². The van der Waals surface area contributed by atoms with Gasteiger partial charge >= 0.3 is 0 Å². The first-order valence-corrected chi connectivity index (χ1v) is 10.2. The van der Waals surface area contributed by atoms with E-state index in [4.69, 9.17) is 0 Å². The van der Waals surface area contributed by atoms with Crippen molar-refractivity contribution >= 4 is 26.9 Å². The maximum Gasteiger partial charge on any atom is 0.214 e. The summed E-state index contributed by atoms with van der Waals surface area (Å²) in [5, 5.41) is 0.965. The van der Waals surface area contributed by atoms with E-state index in [-0.39, 0.29) is 24.3 Å². The summed E-state index contributed by atoms with van der Waals surface area (Å²) in [5.41, 5.74) is 0.796. The molecule has 3 heterocycles. The molecule has 2 fully saturated rings. The van der Waals surface area contributed by atoms with Gasteiger partial charge in [0.25, 0.3) is 0 Å². The lowest BCUT2D eigenvalue weighted by Crippen LogP contribution is -2.46. The van der Waals surface area contributed by atoms with E-state index in [0.29, 0.717) is 13.0 Å². The molecular formula is C16H22FN5O2S. The molecule has 2 aromatic heterocycles. The second-order valence-electron chi connectivity index (χ2n) is 7.06. The molecule has 136 valence electrons. The molecule has 25 heavy (non-hydrogen) atoms. The summed E-state index contributed by atoms with van der Waals surface area (Å²) in [6, 6.07) is 2.21. The van der Waals surface area contributed by atoms with Crippen molar-refractivity contribution in [3.8, 4) is 0 Å². The molecule has 2 aromatic rings. The minimum absolute atomic E-state index is 0.0186. The maximum absolute atomic E-state index is 13.3. The van der Waals surface area contributed by atoms with E-state index in [0.717, 1.165) is 29.7 Å². The molecule has 2 aliphatic rings. The molecule has 1 aliphatic carbocycles. The first-order valence-electron chi connectivity index (χ1n) is 8.57. The van der Waals surface area contributed by atoms with Crippen LogP contribution in [0.2, 0.25) is 0 Å². The van der Waals surface area contributed by atoms with E-state index < -0.39 is 16.2 Å². The first kappa shape index (κ1) is 16.7. The Hall–Kier alpha value is -1.74. The fourth-order valence-electron chi connectivity index (χ4n) is 3.81. The van der Waals surface area contributed by atoms with Crippen LogP contribution in [0, 0.1) is 5.92 Å². The van der Waals surface area contributed by atoms with Gasteiger partial charge < -0.3 is 9.88 Å². The van der Waals surface area contributed by atoms with Gasteiger partial charge in [0, 0.05) is 32.4 Å². The molecule has 1 N–H and O–H groups in total. The molecule has 0 amide bonds. The molecular weight excluding hydrogens is 345 g/mol. The van der Waals surface area contributed by atoms with E-state index in [9.17, 15) is 12.8 Å². The Bertz CT molecular complexity index is 864. The summed E-state index contributed by atoms with van der Waals surface area (Å²) in [7, 11) is -1.36. The molecule has 9 heteroatoms. The van der Waals surface area contributed by atoms with Gasteiger partial charge in [0.2, 0.25) is 10.0 Å². The molecule has 0 aromatic carbocycles. The Morgan fingerprint density at radius 3 is 2.92 bits per heavy atom. The first-order chi connectivity index (χ1) is 11.9. The monoisotopic (exact) mass is 367 g/mol. The number of alkyl halides is 1. The third-order valence-electron chi connectivity index (χ3n) is 5.36. The number of rotatable bonds is 5. The van der Waals surface area contributed by atoms with E-state index in [1.807, 2.05) is 19.3 Å². The highest BCUT2D eigenvalue weighted by molar-refractivity contribution is 7.89. The van der Waals surface area contributed by atoms with Crippen LogP contribution in [0.3, 0.4) is 0 Å². The topological polar surface area (TPSA) is 82.2 Å². The molecule has 7 nitrogen and oxygen atoms in total. The van der Waals surface area contributed by atoms with Crippen molar-refractivity contribution < 1.29 is 12.8 Å². The van der Waals surface area contributed by atoms with E-state index in [1.54, 1.807) is 0 Å². The molecule has 0 bridgehead atoms. The van der Waals surface area contributed by atoms with Crippen molar-refractivity contribution in [2.24, 2.45) is 5.92 Å². The van der Waals surface area contributed by atoms with Crippen LogP contribution < -0.4 is 4.90 Å². The standard InChI is InChI=1S/C16H22FN5O2S/c1-21(16-14-2-4-18-15(14)19-10-20-16)13-6-11(7-13)9-25(23,24)22-5-3-12(17)8-22/h2,4,10-13H,3,5-9H2,1H3,(H,18,19,20). The van der Waals surface area contributed by atoms with Crippen LogP contribution >= 0.6 is 0 Å². The summed E-state index contributed by atoms with van der Waals surface area (Å²) in [6.07, 6.45) is 4.27. The Morgan fingerprint density at radius 1 is 1.40 bits per heavy atom. The number of nitrogens with one attached hydrogen (secondary N) is 1. The number of hydrogen-bond acceptors (Lipinski definition) is 5. The lowest BCUT2D eigenvalue weighted by atomic mass is 9.81. The van der Waals surface area contributed by atoms with Crippen LogP contribution in [0.15, 0.2) is 18.6 Å². The summed E-state index contributed by atoms with van der Waals surface area (Å²) in [6.45, 7) is 0.330. The van der Waals surface area contributed by atoms with Gasteiger partial charge in [-0.25, -0.2) is 22.8 Å². The van der Waals surface area contributed by atoms with Crippen LogP contribution in [-0.4, -0.2) is 65.8 Å². The predicted octanol–water partition coefficient (Wildman–Crippen LogP) is 1.55. The average molecular weight is 367 g/mol. The van der Waals surface area contributed by atoms with Crippen molar-refractivity contribution in [3.63, 3.8) is 0 Å². The average Bonchev–Trinajstić information content (AvgIpc) is 3.18. The molecule has 1 aliphatic heterocycles. The van der Waals surface area contributed by atoms with Gasteiger partial charge in [-0.05, 0) is 31.2 Å². The number of aromatic amines is 1. The van der Waals surface area contributed by atoms with Crippen LogP contribution in [0.5, 0.6) is 0 Å². The lowest BCUT2D eigenvalue weighted by Gasteiger charge is -2.42. The van der Waals surface area contributed by atoms with Gasteiger partial charge in [0.15, 0.2) is 0 Å². The van der Waals surface area contributed by atoms with E-state index in [2.05, 4.69) is 19.9 Å². The van der Waals surface area contributed by atoms with Crippen LogP contribution in [0.1, 0.15) is 19.3 Å². The second kappa shape index (κ2) is 6.21. The molecule has 1 saturated heterocycles. The molecule has 0 radical (unpaired) electrons. The highest BCUT2D eigenvalue weighted by Crippen LogP contribution is 2.36. The zero-order chi connectivity index (χ0) is 17.6. The Labute approximate surface area is 146 Å². The van der Waals surface area contributed by atoms with Crippen LogP contribution in [-0.2, 0) is 10.0 Å². The number of H-pyrrole nitrogens is 1. The third kappa shape index (κ3) is 3.10. The van der Waals surface area contributed by atoms with Crippen LogP contribution in [0.4, 0.5) is 10.2 Å². The minimum atomic E-state index is -3.35. The maximum atomic E-state index is 13.3. The van der Waals surface area contributed by atoms with Gasteiger partial charge in [0.05, 0.1) is 11.1 Å². The molecule has 4 rings (SSSR count). The zero-order valence-electron chi connectivity index (χ0n) is 14.1. The summed E-state index contributed by atoms with van der Waals surface area (Å²) < 4.78 is 39.4. The highest BCUT2D eigenvalue weighted by Gasteiger charge is 2.39. The number of hydrogen-bond donors (Lipinski definition) is 1. The van der Waals surface area contributed by atoms with Crippen molar-refractivity contribution in [2.75, 3.05) is 30.8 Å². The lowest BCUT2D eigenvalue weighted by molar-refractivity contribution is 0.277. The SMILES string of the molecule is CN(c1ncnc2[nH]ccc12)C1CC(CS(=O)(=O)N2CCC(F)C2)C1. The quantitative estimate of drug-likeness (QED) is 0.867. The summed E-state index contributed by atoms with van der Waals surface area (Å²) >= 11 is 0. The van der Waals surface area contributed by atoms with Crippen molar-refractivity contribution in [2.45, 2.75) is 31.5 Å². The smallest absolute Gasteiger partial charge is 0.214 e. The van der Waals surface area contributed by atoms with Gasteiger partial charge in [-0.1, -0.05) is 0 Å². The number of sulfonamides is 1. The largest absolute Gasteiger partial charge is 0.356 e. The van der Waals surface area contributed by atoms with Gasteiger partial charge in [0.1, 0.15) is 24.0 Å². The van der Waals surface area contributed by atoms with Crippen molar-refractivity contribution in [3.05, 3.63) is 18.6 Å². The number of fused-ring (bicyclic) bond motifs is 1. The summed E-state index contributed by atoms with van der Waals surface area (Å²) in [5.74, 6) is 1.10. The molecule has 1 unspecified atom stereocenters. The van der Waals surface area contributed by atoms with Gasteiger partial charge in [-0.2, -0.15) is 4.31 Å². The summed E-state index contributed by atoms with van der Waals surface area (Å²) in [4.78, 5) is 13.7. The van der Waals surface area contributed by atoms with E-state index in [1.165, 1.54) is 10.6 Å². The van der Waals surface area contributed by atoms with Crippen molar-refractivity contribution in [1.29, 1.82) is 0 Å². The number of nitrogens with zero attached hydrogens (tertiary/aromatic N) is 4. The predicted molar refractivity (Wildman–Crippen MR) is 93.7 cm³/mol. The number of halogens is 1. The normalized spacial score (nSPS) is 27.5. The highest BCUT2D eigenvalue weighted by atomic mass is 32.2. The Kier molecular flexibility index (Phi) is 4.15. The fourth-order valence-corrected chi connectivity index (χ4v) is 5.66. The Balaban J connectivity index is 1.38. The van der Waals surface area contributed by atoms with Gasteiger partial charge in [-0.15, -0.1) is 0 Å². The molecule has 1 saturated carbocycles. The molecule has 0 spiro atoms. The number of aromatic nitrogens is 3.